The maximum atomic E-state index is 10.0. The van der Waals surface area contributed by atoms with Crippen LogP contribution in [-0.2, 0) is 0 Å². The maximum Gasteiger partial charge on any atom is 0.0600 e. The van der Waals surface area contributed by atoms with Crippen LogP contribution in [0.2, 0.25) is 0 Å². The van der Waals surface area contributed by atoms with Gasteiger partial charge in [-0.05, 0) is 37.6 Å². The molecule has 0 spiro atoms. The number of hydrogen-bond donors (Lipinski definition) is 1. The van der Waals surface area contributed by atoms with Crippen LogP contribution in [0.1, 0.15) is 59.8 Å². The zero-order chi connectivity index (χ0) is 12.2. The van der Waals surface area contributed by atoms with E-state index in [0.29, 0.717) is 0 Å². The van der Waals surface area contributed by atoms with Gasteiger partial charge in [0.05, 0.1) is 6.10 Å². The Morgan fingerprint density at radius 1 is 1.31 bits per heavy atom. The van der Waals surface area contributed by atoms with Gasteiger partial charge in [-0.2, -0.15) is 0 Å². The van der Waals surface area contributed by atoms with E-state index in [4.69, 9.17) is 0 Å². The summed E-state index contributed by atoms with van der Waals surface area (Å²) in [5, 5.41) is 10.0. The zero-order valence-corrected chi connectivity index (χ0v) is 11.5. The lowest BCUT2D eigenvalue weighted by atomic mass is 9.87. The van der Waals surface area contributed by atoms with Crippen molar-refractivity contribution in [3.63, 3.8) is 0 Å². The largest absolute Gasteiger partial charge is 0.393 e. The first-order valence-electron chi connectivity index (χ1n) is 6.87. The number of aliphatic hydroxyl groups is 1. The molecular weight excluding hydrogens is 198 g/mol. The van der Waals surface area contributed by atoms with Crippen LogP contribution in [0.3, 0.4) is 0 Å². The van der Waals surface area contributed by atoms with Gasteiger partial charge >= 0.3 is 0 Å². The summed E-state index contributed by atoms with van der Waals surface area (Å²) < 4.78 is 0. The molecule has 0 saturated carbocycles. The molecule has 0 aliphatic carbocycles. The van der Waals surface area contributed by atoms with Gasteiger partial charge in [-0.15, -0.1) is 0 Å². The summed E-state index contributed by atoms with van der Waals surface area (Å²) in [4.78, 5) is 2.58. The van der Waals surface area contributed by atoms with E-state index in [9.17, 15) is 5.11 Å². The van der Waals surface area contributed by atoms with E-state index in [1.807, 2.05) is 0 Å². The van der Waals surface area contributed by atoms with Crippen molar-refractivity contribution in [1.29, 1.82) is 0 Å². The molecule has 1 N–H and O–H groups in total. The zero-order valence-electron chi connectivity index (χ0n) is 11.5. The quantitative estimate of drug-likeness (QED) is 0.798. The molecule has 0 aromatic carbocycles. The Bertz CT molecular complexity index is 197. The Labute approximate surface area is 101 Å². The minimum absolute atomic E-state index is 0.0253. The molecule has 1 heterocycles. The van der Waals surface area contributed by atoms with Crippen LogP contribution in [0.15, 0.2) is 0 Å². The second-order valence-electron chi connectivity index (χ2n) is 6.26. The van der Waals surface area contributed by atoms with Gasteiger partial charge in [0.1, 0.15) is 0 Å². The molecule has 1 aliphatic rings. The molecule has 0 radical (unpaired) electrons. The third-order valence-corrected chi connectivity index (χ3v) is 3.91. The van der Waals surface area contributed by atoms with Crippen LogP contribution in [0.4, 0.5) is 0 Å². The van der Waals surface area contributed by atoms with Gasteiger partial charge in [0, 0.05) is 12.6 Å². The number of nitrogens with zero attached hydrogens (tertiary/aromatic N) is 1. The van der Waals surface area contributed by atoms with Gasteiger partial charge in [0.15, 0.2) is 0 Å². The highest BCUT2D eigenvalue weighted by Gasteiger charge is 2.25. The van der Waals surface area contributed by atoms with Crippen LogP contribution < -0.4 is 0 Å². The Morgan fingerprint density at radius 3 is 2.56 bits per heavy atom. The summed E-state index contributed by atoms with van der Waals surface area (Å²) in [6.07, 6.45) is 6.07. The number of rotatable bonds is 4. The van der Waals surface area contributed by atoms with Crippen molar-refractivity contribution < 1.29 is 5.11 Å². The molecule has 1 aliphatic heterocycles. The molecule has 1 rings (SSSR count). The molecule has 1 fully saturated rings. The van der Waals surface area contributed by atoms with Crippen LogP contribution in [0, 0.1) is 5.41 Å². The smallest absolute Gasteiger partial charge is 0.0600 e. The SMILES string of the molecule is CCC1CCCCN1CCC(O)C(C)(C)C. The standard InChI is InChI=1S/C14H29NO/c1-5-12-8-6-7-10-15(12)11-9-13(16)14(2,3)4/h12-13,16H,5-11H2,1-4H3. The molecule has 0 aromatic heterocycles. The van der Waals surface area contributed by atoms with Gasteiger partial charge in [-0.25, -0.2) is 0 Å². The summed E-state index contributed by atoms with van der Waals surface area (Å²) >= 11 is 0. The molecule has 0 bridgehead atoms. The van der Waals surface area contributed by atoms with Crippen molar-refractivity contribution in [3.05, 3.63) is 0 Å². The maximum absolute atomic E-state index is 10.0. The Hall–Kier alpha value is -0.0800. The van der Waals surface area contributed by atoms with E-state index in [-0.39, 0.29) is 11.5 Å². The third kappa shape index (κ3) is 4.06. The van der Waals surface area contributed by atoms with Gasteiger partial charge in [-0.3, -0.25) is 0 Å². The summed E-state index contributed by atoms with van der Waals surface area (Å²) in [5.41, 5.74) is 0.0253. The highest BCUT2D eigenvalue weighted by atomic mass is 16.3. The summed E-state index contributed by atoms with van der Waals surface area (Å²) in [5.74, 6) is 0. The van der Waals surface area contributed by atoms with E-state index in [1.165, 1.54) is 32.2 Å². The first-order chi connectivity index (χ1) is 7.45. The molecule has 2 nitrogen and oxygen atoms in total. The minimum atomic E-state index is -0.174. The van der Waals surface area contributed by atoms with Crippen LogP contribution in [0.5, 0.6) is 0 Å². The second-order valence-corrected chi connectivity index (χ2v) is 6.26. The van der Waals surface area contributed by atoms with Crippen molar-refractivity contribution >= 4 is 0 Å². The highest BCUT2D eigenvalue weighted by molar-refractivity contribution is 4.79. The van der Waals surface area contributed by atoms with E-state index >= 15 is 0 Å². The van der Waals surface area contributed by atoms with Gasteiger partial charge in [0.2, 0.25) is 0 Å². The lowest BCUT2D eigenvalue weighted by Gasteiger charge is -2.37. The van der Waals surface area contributed by atoms with E-state index in [0.717, 1.165) is 19.0 Å². The number of hydrogen-bond acceptors (Lipinski definition) is 2. The van der Waals surface area contributed by atoms with Gasteiger partial charge in [-0.1, -0.05) is 34.1 Å². The Balaban J connectivity index is 2.35. The van der Waals surface area contributed by atoms with Gasteiger partial charge in [0.25, 0.3) is 0 Å². The number of likely N-dealkylation sites (tertiary alicyclic amines) is 1. The molecule has 2 heteroatoms. The molecule has 2 unspecified atom stereocenters. The topological polar surface area (TPSA) is 23.5 Å². The molecule has 16 heavy (non-hydrogen) atoms. The lowest BCUT2D eigenvalue weighted by Crippen LogP contribution is -2.41. The first kappa shape index (κ1) is 14.0. The molecule has 1 saturated heterocycles. The van der Waals surface area contributed by atoms with E-state index in [1.54, 1.807) is 0 Å². The third-order valence-electron chi connectivity index (χ3n) is 3.91. The highest BCUT2D eigenvalue weighted by Crippen LogP contribution is 2.24. The minimum Gasteiger partial charge on any atom is -0.393 e. The van der Waals surface area contributed by atoms with Crippen molar-refractivity contribution in [2.45, 2.75) is 71.9 Å². The monoisotopic (exact) mass is 227 g/mol. The van der Waals surface area contributed by atoms with Crippen molar-refractivity contribution in [1.82, 2.24) is 4.90 Å². The summed E-state index contributed by atoms with van der Waals surface area (Å²) in [6, 6.07) is 0.765. The van der Waals surface area contributed by atoms with Crippen molar-refractivity contribution in [2.24, 2.45) is 5.41 Å². The fourth-order valence-electron chi connectivity index (χ4n) is 2.54. The summed E-state index contributed by atoms with van der Waals surface area (Å²) in [7, 11) is 0. The predicted octanol–water partition coefficient (Wildman–Crippen LogP) is 3.05. The van der Waals surface area contributed by atoms with Crippen molar-refractivity contribution in [2.75, 3.05) is 13.1 Å². The summed E-state index contributed by atoms with van der Waals surface area (Å²) in [6.45, 7) is 10.9. The van der Waals surface area contributed by atoms with Gasteiger partial charge < -0.3 is 10.0 Å². The predicted molar refractivity (Wildman–Crippen MR) is 69.6 cm³/mol. The van der Waals surface area contributed by atoms with E-state index < -0.39 is 0 Å². The molecule has 2 atom stereocenters. The molecular formula is C14H29NO. The van der Waals surface area contributed by atoms with Crippen LogP contribution in [-0.4, -0.2) is 35.2 Å². The Kier molecular flexibility index (Phi) is 5.26. The molecule has 0 amide bonds. The second kappa shape index (κ2) is 6.02. The average molecular weight is 227 g/mol. The lowest BCUT2D eigenvalue weighted by molar-refractivity contribution is 0.0352. The Morgan fingerprint density at radius 2 is 2.00 bits per heavy atom. The average Bonchev–Trinajstić information content (AvgIpc) is 2.24. The fraction of sp³-hybridized carbons (Fsp3) is 1.00. The van der Waals surface area contributed by atoms with E-state index in [2.05, 4.69) is 32.6 Å². The molecule has 96 valence electrons. The van der Waals surface area contributed by atoms with Crippen LogP contribution >= 0.6 is 0 Å². The number of aliphatic hydroxyl groups excluding tert-OH is 1. The first-order valence-corrected chi connectivity index (χ1v) is 6.87. The normalized spacial score (nSPS) is 25.7. The molecule has 0 aromatic rings. The van der Waals surface area contributed by atoms with Crippen molar-refractivity contribution in [3.8, 4) is 0 Å². The van der Waals surface area contributed by atoms with Crippen LogP contribution in [0.25, 0.3) is 0 Å². The fourth-order valence-corrected chi connectivity index (χ4v) is 2.54. The number of piperidine rings is 1.